The summed E-state index contributed by atoms with van der Waals surface area (Å²) in [4.78, 5) is 14.5. The Morgan fingerprint density at radius 1 is 1.40 bits per heavy atom. The minimum atomic E-state index is -0.334. The summed E-state index contributed by atoms with van der Waals surface area (Å²) in [7, 11) is 0. The number of fused-ring (bicyclic) bond motifs is 1. The fourth-order valence-corrected chi connectivity index (χ4v) is 2.77. The van der Waals surface area contributed by atoms with Gasteiger partial charge in [-0.05, 0) is 43.4 Å². The van der Waals surface area contributed by atoms with E-state index in [1.165, 1.54) is 11.1 Å². The van der Waals surface area contributed by atoms with Gasteiger partial charge in [0.1, 0.15) is 0 Å². The monoisotopic (exact) mass is 274 g/mol. The van der Waals surface area contributed by atoms with Crippen LogP contribution in [0.25, 0.3) is 0 Å². The highest BCUT2D eigenvalue weighted by Crippen LogP contribution is 2.31. The van der Waals surface area contributed by atoms with Crippen LogP contribution in [0.1, 0.15) is 45.2 Å². The highest BCUT2D eigenvalue weighted by Gasteiger charge is 2.30. The van der Waals surface area contributed by atoms with Crippen molar-refractivity contribution >= 4 is 11.6 Å². The molecule has 0 aromatic heterocycles. The first-order valence-corrected chi connectivity index (χ1v) is 7.48. The van der Waals surface area contributed by atoms with Crippen molar-refractivity contribution in [1.29, 1.82) is 0 Å². The number of amides is 1. The normalized spacial score (nSPS) is 16.8. The van der Waals surface area contributed by atoms with Gasteiger partial charge in [0.05, 0.1) is 0 Å². The zero-order chi connectivity index (χ0) is 14.9. The van der Waals surface area contributed by atoms with Gasteiger partial charge in [-0.25, -0.2) is 0 Å². The number of carbonyl (C=O) groups excluding carboxylic acids is 1. The van der Waals surface area contributed by atoms with Gasteiger partial charge >= 0.3 is 0 Å². The Kier molecular flexibility index (Phi) is 4.19. The topological polar surface area (TPSA) is 46.3 Å². The standard InChI is InChI=1S/C17H26N2O/c1-12(18)10-13-7-8-15-14(11-13)6-5-9-19(15)16(20)17(2,3)4/h7-8,11-12H,5-6,9-10,18H2,1-4H3. The molecule has 0 fully saturated rings. The van der Waals surface area contributed by atoms with Crippen molar-refractivity contribution in [3.63, 3.8) is 0 Å². The third-order valence-electron chi connectivity index (χ3n) is 3.71. The van der Waals surface area contributed by atoms with Crippen LogP contribution < -0.4 is 10.6 Å². The highest BCUT2D eigenvalue weighted by atomic mass is 16.2. The number of benzene rings is 1. The first-order chi connectivity index (χ1) is 9.29. The molecular weight excluding hydrogens is 248 g/mol. The van der Waals surface area contributed by atoms with Gasteiger partial charge in [0.2, 0.25) is 5.91 Å². The fourth-order valence-electron chi connectivity index (χ4n) is 2.77. The Balaban J connectivity index is 2.30. The van der Waals surface area contributed by atoms with Crippen molar-refractivity contribution in [2.45, 2.75) is 53.0 Å². The third-order valence-corrected chi connectivity index (χ3v) is 3.71. The van der Waals surface area contributed by atoms with Crippen LogP contribution in [0.3, 0.4) is 0 Å². The summed E-state index contributed by atoms with van der Waals surface area (Å²) in [5, 5.41) is 0. The van der Waals surface area contributed by atoms with Gasteiger partial charge in [-0.1, -0.05) is 32.9 Å². The molecule has 3 nitrogen and oxygen atoms in total. The molecule has 1 aliphatic heterocycles. The predicted octanol–water partition coefficient (Wildman–Crippen LogP) is 2.90. The Morgan fingerprint density at radius 3 is 2.70 bits per heavy atom. The smallest absolute Gasteiger partial charge is 0.232 e. The summed E-state index contributed by atoms with van der Waals surface area (Å²) in [5.74, 6) is 0.207. The van der Waals surface area contributed by atoms with Crippen LogP contribution in [0.5, 0.6) is 0 Å². The van der Waals surface area contributed by atoms with Crippen molar-refractivity contribution in [2.75, 3.05) is 11.4 Å². The predicted molar refractivity (Wildman–Crippen MR) is 83.9 cm³/mol. The van der Waals surface area contributed by atoms with Crippen LogP contribution >= 0.6 is 0 Å². The second-order valence-electron chi connectivity index (χ2n) is 6.95. The summed E-state index contributed by atoms with van der Waals surface area (Å²) in [6, 6.07) is 6.59. The Labute approximate surface area is 122 Å². The lowest BCUT2D eigenvalue weighted by Crippen LogP contribution is -2.42. The maximum absolute atomic E-state index is 12.6. The largest absolute Gasteiger partial charge is 0.328 e. The molecule has 2 rings (SSSR count). The molecule has 1 amide bonds. The van der Waals surface area contributed by atoms with E-state index in [0.29, 0.717) is 0 Å². The first kappa shape index (κ1) is 15.0. The average Bonchev–Trinajstić information content (AvgIpc) is 2.35. The van der Waals surface area contributed by atoms with Crippen LogP contribution in [0.15, 0.2) is 18.2 Å². The van der Waals surface area contributed by atoms with Crippen molar-refractivity contribution in [3.8, 4) is 0 Å². The molecule has 0 radical (unpaired) electrons. The summed E-state index contributed by atoms with van der Waals surface area (Å²) in [6.07, 6.45) is 2.98. The molecule has 20 heavy (non-hydrogen) atoms. The van der Waals surface area contributed by atoms with E-state index in [9.17, 15) is 4.79 Å². The molecule has 1 atom stereocenters. The molecule has 0 saturated carbocycles. The Morgan fingerprint density at radius 2 is 2.10 bits per heavy atom. The van der Waals surface area contributed by atoms with Gasteiger partial charge in [-0.15, -0.1) is 0 Å². The van der Waals surface area contributed by atoms with Gasteiger partial charge in [0, 0.05) is 23.7 Å². The zero-order valence-electron chi connectivity index (χ0n) is 13.1. The molecule has 1 aromatic carbocycles. The molecular formula is C17H26N2O. The summed E-state index contributed by atoms with van der Waals surface area (Å²) < 4.78 is 0. The maximum atomic E-state index is 12.6. The number of nitrogens with zero attached hydrogens (tertiary/aromatic N) is 1. The molecule has 0 spiro atoms. The highest BCUT2D eigenvalue weighted by molar-refractivity contribution is 5.97. The van der Waals surface area contributed by atoms with E-state index in [0.717, 1.165) is 31.5 Å². The quantitative estimate of drug-likeness (QED) is 0.901. The molecule has 0 bridgehead atoms. The number of hydrogen-bond donors (Lipinski definition) is 1. The lowest BCUT2D eigenvalue weighted by Gasteiger charge is -2.34. The minimum Gasteiger partial charge on any atom is -0.328 e. The van der Waals surface area contributed by atoms with Crippen molar-refractivity contribution in [3.05, 3.63) is 29.3 Å². The average molecular weight is 274 g/mol. The summed E-state index contributed by atoms with van der Waals surface area (Å²) >= 11 is 0. The number of carbonyl (C=O) groups is 1. The van der Waals surface area contributed by atoms with E-state index in [-0.39, 0.29) is 17.4 Å². The summed E-state index contributed by atoms with van der Waals surface area (Å²) in [5.41, 5.74) is 9.17. The van der Waals surface area contributed by atoms with E-state index >= 15 is 0 Å². The molecule has 1 unspecified atom stereocenters. The van der Waals surface area contributed by atoms with Crippen molar-refractivity contribution < 1.29 is 4.79 Å². The lowest BCUT2D eigenvalue weighted by atomic mass is 9.91. The van der Waals surface area contributed by atoms with E-state index < -0.39 is 0 Å². The SMILES string of the molecule is CC(N)Cc1ccc2c(c1)CCCN2C(=O)C(C)(C)C. The van der Waals surface area contributed by atoms with Gasteiger partial charge in [0.25, 0.3) is 0 Å². The third kappa shape index (κ3) is 3.21. The van der Waals surface area contributed by atoms with E-state index in [1.54, 1.807) is 0 Å². The van der Waals surface area contributed by atoms with Crippen LogP contribution in [0, 0.1) is 5.41 Å². The van der Waals surface area contributed by atoms with Crippen molar-refractivity contribution in [2.24, 2.45) is 11.1 Å². The van der Waals surface area contributed by atoms with Crippen LogP contribution in [0.2, 0.25) is 0 Å². The number of rotatable bonds is 2. The number of aryl methyl sites for hydroxylation is 1. The number of nitrogens with two attached hydrogens (primary N) is 1. The molecule has 110 valence electrons. The molecule has 1 heterocycles. The van der Waals surface area contributed by atoms with E-state index in [1.807, 2.05) is 32.6 Å². The molecule has 3 heteroatoms. The Hall–Kier alpha value is -1.35. The number of anilines is 1. The van der Waals surface area contributed by atoms with Gasteiger partial charge in [0.15, 0.2) is 0 Å². The molecule has 0 saturated heterocycles. The second-order valence-corrected chi connectivity index (χ2v) is 6.95. The summed E-state index contributed by atoms with van der Waals surface area (Å²) in [6.45, 7) is 8.79. The van der Waals surface area contributed by atoms with Crippen LogP contribution in [-0.2, 0) is 17.6 Å². The Bertz CT molecular complexity index is 500. The first-order valence-electron chi connectivity index (χ1n) is 7.48. The second kappa shape index (κ2) is 5.57. The minimum absolute atomic E-state index is 0.170. The van der Waals surface area contributed by atoms with Crippen LogP contribution in [-0.4, -0.2) is 18.5 Å². The maximum Gasteiger partial charge on any atom is 0.232 e. The van der Waals surface area contributed by atoms with Gasteiger partial charge < -0.3 is 10.6 Å². The number of hydrogen-bond acceptors (Lipinski definition) is 2. The lowest BCUT2D eigenvalue weighted by molar-refractivity contribution is -0.125. The van der Waals surface area contributed by atoms with Crippen LogP contribution in [0.4, 0.5) is 5.69 Å². The van der Waals surface area contributed by atoms with E-state index in [2.05, 4.69) is 18.2 Å². The fraction of sp³-hybridized carbons (Fsp3) is 0.588. The molecule has 0 aliphatic carbocycles. The molecule has 1 aromatic rings. The van der Waals surface area contributed by atoms with Gasteiger partial charge in [-0.3, -0.25) is 4.79 Å². The van der Waals surface area contributed by atoms with Gasteiger partial charge in [-0.2, -0.15) is 0 Å². The molecule has 2 N–H and O–H groups in total. The van der Waals surface area contributed by atoms with Crippen molar-refractivity contribution in [1.82, 2.24) is 0 Å². The molecule has 1 aliphatic rings. The van der Waals surface area contributed by atoms with E-state index in [4.69, 9.17) is 5.73 Å². The zero-order valence-corrected chi connectivity index (χ0v) is 13.1.